The van der Waals surface area contributed by atoms with Crippen molar-refractivity contribution >= 4 is 29.2 Å². The largest absolute Gasteiger partial charge is 0.378 e. The summed E-state index contributed by atoms with van der Waals surface area (Å²) in [5, 5.41) is 4.67. The number of hydrogen-bond acceptors (Lipinski definition) is 6. The molecule has 0 aromatic carbocycles. The molecule has 0 unspecified atom stereocenters. The lowest BCUT2D eigenvalue weighted by atomic mass is 10.4. The van der Waals surface area contributed by atoms with E-state index in [0.717, 1.165) is 13.1 Å². The summed E-state index contributed by atoms with van der Waals surface area (Å²) < 4.78 is 6.75. The second-order valence-electron chi connectivity index (χ2n) is 3.91. The molecule has 2 aromatic heterocycles. The van der Waals surface area contributed by atoms with Crippen LogP contribution in [0.4, 0.5) is 5.95 Å². The van der Waals surface area contributed by atoms with Crippen molar-refractivity contribution in [1.82, 2.24) is 24.7 Å². The number of aromatic nitrogens is 5. The number of ether oxygens (including phenoxy) is 1. The highest BCUT2D eigenvalue weighted by molar-refractivity contribution is 6.30. The molecule has 19 heavy (non-hydrogen) atoms. The standard InChI is InChI=1S/C10H10Cl2N6O/c11-7-5-13-18(6-7)10-15-8(12)14-9(16-10)17-1-3-19-4-2-17/h5-6H,1-4H2. The number of anilines is 1. The monoisotopic (exact) mass is 300 g/mol. The minimum atomic E-state index is 0.123. The lowest BCUT2D eigenvalue weighted by Crippen LogP contribution is -2.37. The Labute approximate surface area is 119 Å². The van der Waals surface area contributed by atoms with Crippen molar-refractivity contribution in [2.24, 2.45) is 0 Å². The van der Waals surface area contributed by atoms with Crippen LogP contribution in [0.5, 0.6) is 0 Å². The average molecular weight is 301 g/mol. The topological polar surface area (TPSA) is 69.0 Å². The Kier molecular flexibility index (Phi) is 3.50. The number of nitrogens with zero attached hydrogens (tertiary/aromatic N) is 6. The smallest absolute Gasteiger partial charge is 0.256 e. The van der Waals surface area contributed by atoms with Gasteiger partial charge in [0.15, 0.2) is 0 Å². The lowest BCUT2D eigenvalue weighted by molar-refractivity contribution is 0.122. The zero-order valence-corrected chi connectivity index (χ0v) is 11.3. The van der Waals surface area contributed by atoms with Crippen LogP contribution in [-0.2, 0) is 4.74 Å². The van der Waals surface area contributed by atoms with Crippen LogP contribution in [0.1, 0.15) is 0 Å². The number of morpholine rings is 1. The molecule has 1 saturated heterocycles. The maximum absolute atomic E-state index is 5.93. The van der Waals surface area contributed by atoms with E-state index in [-0.39, 0.29) is 5.28 Å². The predicted molar refractivity (Wildman–Crippen MR) is 70.0 cm³/mol. The molecule has 1 aliphatic heterocycles. The fourth-order valence-corrected chi connectivity index (χ4v) is 2.03. The van der Waals surface area contributed by atoms with Crippen molar-refractivity contribution in [2.75, 3.05) is 31.2 Å². The molecule has 1 fully saturated rings. The maximum Gasteiger partial charge on any atom is 0.256 e. The molecule has 3 rings (SSSR count). The molecule has 0 spiro atoms. The van der Waals surface area contributed by atoms with Gasteiger partial charge >= 0.3 is 0 Å². The van der Waals surface area contributed by atoms with Crippen molar-refractivity contribution in [2.45, 2.75) is 0 Å². The fraction of sp³-hybridized carbons (Fsp3) is 0.400. The van der Waals surface area contributed by atoms with Crippen molar-refractivity contribution in [1.29, 1.82) is 0 Å². The molecule has 1 aliphatic rings. The van der Waals surface area contributed by atoms with Gasteiger partial charge in [-0.15, -0.1) is 0 Å². The summed E-state index contributed by atoms with van der Waals surface area (Å²) in [6.45, 7) is 2.73. The molecule has 0 radical (unpaired) electrons. The molecular formula is C10H10Cl2N6O. The average Bonchev–Trinajstić information content (AvgIpc) is 2.86. The minimum absolute atomic E-state index is 0.123. The highest BCUT2D eigenvalue weighted by Crippen LogP contribution is 2.15. The van der Waals surface area contributed by atoms with E-state index in [2.05, 4.69) is 20.1 Å². The summed E-state index contributed by atoms with van der Waals surface area (Å²) in [7, 11) is 0. The van der Waals surface area contributed by atoms with Crippen LogP contribution in [0.25, 0.3) is 5.95 Å². The number of rotatable bonds is 2. The molecule has 0 aliphatic carbocycles. The van der Waals surface area contributed by atoms with Gasteiger partial charge in [-0.25, -0.2) is 4.68 Å². The fourth-order valence-electron chi connectivity index (χ4n) is 1.75. The van der Waals surface area contributed by atoms with Crippen LogP contribution in [0.15, 0.2) is 12.4 Å². The van der Waals surface area contributed by atoms with Gasteiger partial charge in [-0.1, -0.05) is 11.6 Å². The molecule has 3 heterocycles. The van der Waals surface area contributed by atoms with E-state index in [4.69, 9.17) is 27.9 Å². The zero-order valence-electron chi connectivity index (χ0n) is 9.83. The Morgan fingerprint density at radius 2 is 1.79 bits per heavy atom. The Balaban J connectivity index is 1.95. The van der Waals surface area contributed by atoms with Crippen LogP contribution in [0.3, 0.4) is 0 Å². The SMILES string of the molecule is Clc1cnn(-c2nc(Cl)nc(N3CCOCC3)n2)c1. The Morgan fingerprint density at radius 3 is 2.47 bits per heavy atom. The van der Waals surface area contributed by atoms with E-state index < -0.39 is 0 Å². The Morgan fingerprint density at radius 1 is 1.05 bits per heavy atom. The molecular weight excluding hydrogens is 291 g/mol. The van der Waals surface area contributed by atoms with Crippen LogP contribution in [0, 0.1) is 0 Å². The van der Waals surface area contributed by atoms with Gasteiger partial charge in [0.2, 0.25) is 11.2 Å². The third-order valence-electron chi connectivity index (χ3n) is 2.63. The van der Waals surface area contributed by atoms with Crippen LogP contribution < -0.4 is 4.90 Å². The number of halogens is 2. The van der Waals surface area contributed by atoms with Crippen LogP contribution in [0.2, 0.25) is 10.3 Å². The van der Waals surface area contributed by atoms with Gasteiger partial charge in [0.25, 0.3) is 5.95 Å². The van der Waals surface area contributed by atoms with Gasteiger partial charge in [0.05, 0.1) is 30.6 Å². The van der Waals surface area contributed by atoms with Gasteiger partial charge in [0.1, 0.15) is 0 Å². The summed E-state index contributed by atoms with van der Waals surface area (Å²) in [4.78, 5) is 14.5. The molecule has 100 valence electrons. The first-order valence-electron chi connectivity index (χ1n) is 5.67. The number of hydrogen-bond donors (Lipinski definition) is 0. The molecule has 0 bridgehead atoms. The van der Waals surface area contributed by atoms with E-state index in [9.17, 15) is 0 Å². The highest BCUT2D eigenvalue weighted by Gasteiger charge is 2.16. The summed E-state index contributed by atoms with van der Waals surface area (Å²) in [5.41, 5.74) is 0. The third kappa shape index (κ3) is 2.78. The first-order chi connectivity index (χ1) is 9.22. The van der Waals surface area contributed by atoms with E-state index in [1.54, 1.807) is 6.20 Å². The van der Waals surface area contributed by atoms with Gasteiger partial charge in [0, 0.05) is 13.1 Å². The van der Waals surface area contributed by atoms with Crippen molar-refractivity contribution in [3.63, 3.8) is 0 Å². The quantitative estimate of drug-likeness (QED) is 0.830. The van der Waals surface area contributed by atoms with Crippen molar-refractivity contribution < 1.29 is 4.74 Å². The summed E-state index contributed by atoms with van der Waals surface area (Å²) >= 11 is 11.8. The summed E-state index contributed by atoms with van der Waals surface area (Å²) in [5.74, 6) is 0.860. The van der Waals surface area contributed by atoms with Crippen molar-refractivity contribution in [3.8, 4) is 5.95 Å². The van der Waals surface area contributed by atoms with Gasteiger partial charge < -0.3 is 9.64 Å². The second-order valence-corrected chi connectivity index (χ2v) is 4.68. The van der Waals surface area contributed by atoms with Gasteiger partial charge in [-0.2, -0.15) is 20.1 Å². The van der Waals surface area contributed by atoms with Crippen LogP contribution in [-0.4, -0.2) is 51.0 Å². The third-order valence-corrected chi connectivity index (χ3v) is 3.00. The molecule has 7 nitrogen and oxygen atoms in total. The normalized spacial score (nSPS) is 15.8. The predicted octanol–water partition coefficient (Wildman–Crippen LogP) is 1.20. The highest BCUT2D eigenvalue weighted by atomic mass is 35.5. The van der Waals surface area contributed by atoms with Gasteiger partial charge in [-0.3, -0.25) is 0 Å². The molecule has 0 atom stereocenters. The summed E-state index contributed by atoms with van der Waals surface area (Å²) in [6, 6.07) is 0. The minimum Gasteiger partial charge on any atom is -0.378 e. The van der Waals surface area contributed by atoms with E-state index in [0.29, 0.717) is 30.1 Å². The van der Waals surface area contributed by atoms with E-state index in [1.807, 2.05) is 4.90 Å². The Hall–Kier alpha value is -1.44. The molecule has 9 heteroatoms. The van der Waals surface area contributed by atoms with Gasteiger partial charge in [-0.05, 0) is 11.6 Å². The zero-order chi connectivity index (χ0) is 13.2. The summed E-state index contributed by atoms with van der Waals surface area (Å²) in [6.07, 6.45) is 3.12. The lowest BCUT2D eigenvalue weighted by Gasteiger charge is -2.26. The molecule has 0 N–H and O–H groups in total. The maximum atomic E-state index is 5.93. The van der Waals surface area contributed by atoms with E-state index >= 15 is 0 Å². The molecule has 2 aromatic rings. The molecule has 0 amide bonds. The first-order valence-corrected chi connectivity index (χ1v) is 6.43. The molecule has 0 saturated carbocycles. The van der Waals surface area contributed by atoms with E-state index in [1.165, 1.54) is 10.9 Å². The second kappa shape index (κ2) is 5.28. The van der Waals surface area contributed by atoms with Crippen molar-refractivity contribution in [3.05, 3.63) is 22.7 Å². The first kappa shape index (κ1) is 12.6. The van der Waals surface area contributed by atoms with Crippen LogP contribution >= 0.6 is 23.2 Å². The Bertz CT molecular complexity index is 583.